The van der Waals surface area contributed by atoms with Crippen LogP contribution in [0.1, 0.15) is 54.6 Å². The second kappa shape index (κ2) is 9.93. The first kappa shape index (κ1) is 23.9. The molecule has 9 heteroatoms. The van der Waals surface area contributed by atoms with Gasteiger partial charge in [-0.1, -0.05) is 12.5 Å². The number of hydrogen-bond donors (Lipinski definition) is 1. The lowest BCUT2D eigenvalue weighted by molar-refractivity contribution is -0.228. The standard InChI is InChI=1S/C24H28F3N3O2S/c1-15-14-30(12-11-21(32-15)24(25,26)27)22-19(9-10-20(29-22)16-5-3-6-16)23(31)28-17-7-4-8-18(13-17)33-2/h4,7-10,13,15-16,21H,3,5-6,11-12,14H2,1-2H3,(H,28,31). The number of benzene rings is 1. The van der Waals surface area contributed by atoms with E-state index >= 15 is 0 Å². The zero-order valence-corrected chi connectivity index (χ0v) is 19.5. The van der Waals surface area contributed by atoms with Crippen molar-refractivity contribution in [3.63, 3.8) is 0 Å². The number of hydrogen-bond acceptors (Lipinski definition) is 5. The average Bonchev–Trinajstić information content (AvgIpc) is 2.94. The van der Waals surface area contributed by atoms with Gasteiger partial charge in [0, 0.05) is 41.7 Å². The number of carbonyl (C=O) groups is 1. The van der Waals surface area contributed by atoms with Gasteiger partial charge >= 0.3 is 6.18 Å². The van der Waals surface area contributed by atoms with E-state index in [1.807, 2.05) is 36.6 Å². The van der Waals surface area contributed by atoms with Crippen LogP contribution in [0.15, 0.2) is 41.3 Å². The molecular weight excluding hydrogens is 451 g/mol. The highest BCUT2D eigenvalue weighted by atomic mass is 32.2. The predicted octanol–water partition coefficient (Wildman–Crippen LogP) is 5.87. The first-order chi connectivity index (χ1) is 15.7. The van der Waals surface area contributed by atoms with Crippen LogP contribution >= 0.6 is 11.8 Å². The van der Waals surface area contributed by atoms with Gasteiger partial charge in [-0.25, -0.2) is 4.98 Å². The highest BCUT2D eigenvalue weighted by molar-refractivity contribution is 7.98. The van der Waals surface area contributed by atoms with Gasteiger partial charge < -0.3 is 15.0 Å². The molecule has 2 aliphatic rings. The lowest BCUT2D eigenvalue weighted by Crippen LogP contribution is -2.34. The van der Waals surface area contributed by atoms with E-state index in [2.05, 4.69) is 5.32 Å². The van der Waals surface area contributed by atoms with Gasteiger partial charge in [-0.15, -0.1) is 11.8 Å². The minimum Gasteiger partial charge on any atom is -0.364 e. The molecule has 2 unspecified atom stereocenters. The van der Waals surface area contributed by atoms with Crippen LogP contribution in [0.3, 0.4) is 0 Å². The number of pyridine rings is 1. The van der Waals surface area contributed by atoms with Crippen LogP contribution < -0.4 is 10.2 Å². The van der Waals surface area contributed by atoms with Crippen LogP contribution in [0.4, 0.5) is 24.7 Å². The molecule has 1 saturated carbocycles. The third-order valence-corrected chi connectivity index (χ3v) is 6.92. The van der Waals surface area contributed by atoms with Crippen molar-refractivity contribution in [2.75, 3.05) is 29.6 Å². The summed E-state index contributed by atoms with van der Waals surface area (Å²) >= 11 is 1.57. The number of anilines is 2. The number of aromatic nitrogens is 1. The molecule has 4 rings (SSSR count). The van der Waals surface area contributed by atoms with Crippen LogP contribution in [0.5, 0.6) is 0 Å². The van der Waals surface area contributed by atoms with Gasteiger partial charge in [0.15, 0.2) is 6.10 Å². The third-order valence-electron chi connectivity index (χ3n) is 6.19. The minimum atomic E-state index is -4.42. The van der Waals surface area contributed by atoms with Gasteiger partial charge in [-0.3, -0.25) is 4.79 Å². The zero-order valence-electron chi connectivity index (χ0n) is 18.7. The molecular formula is C24H28F3N3O2S. The van der Waals surface area contributed by atoms with Crippen molar-refractivity contribution in [1.82, 2.24) is 4.98 Å². The molecule has 2 heterocycles. The molecule has 1 aliphatic carbocycles. The monoisotopic (exact) mass is 479 g/mol. The molecule has 0 radical (unpaired) electrons. The Morgan fingerprint density at radius 1 is 1.21 bits per heavy atom. The first-order valence-electron chi connectivity index (χ1n) is 11.2. The predicted molar refractivity (Wildman–Crippen MR) is 124 cm³/mol. The Hall–Kier alpha value is -2.26. The molecule has 1 amide bonds. The van der Waals surface area contributed by atoms with Gasteiger partial charge in [-0.05, 0) is 56.4 Å². The van der Waals surface area contributed by atoms with Crippen molar-refractivity contribution < 1.29 is 22.7 Å². The van der Waals surface area contributed by atoms with Crippen LogP contribution in [0, 0.1) is 0 Å². The van der Waals surface area contributed by atoms with E-state index in [0.29, 0.717) is 23.0 Å². The van der Waals surface area contributed by atoms with Crippen molar-refractivity contribution in [1.29, 1.82) is 0 Å². The largest absolute Gasteiger partial charge is 0.414 e. The molecule has 1 saturated heterocycles. The molecule has 0 bridgehead atoms. The van der Waals surface area contributed by atoms with E-state index in [1.54, 1.807) is 29.7 Å². The highest BCUT2D eigenvalue weighted by Gasteiger charge is 2.43. The maximum absolute atomic E-state index is 13.3. The van der Waals surface area contributed by atoms with Gasteiger partial charge in [-0.2, -0.15) is 13.2 Å². The topological polar surface area (TPSA) is 54.5 Å². The molecule has 1 N–H and O–H groups in total. The molecule has 2 atom stereocenters. The zero-order chi connectivity index (χ0) is 23.6. The SMILES string of the molecule is CSc1cccc(NC(=O)c2ccc(C3CCC3)nc2N2CCC(C(F)(F)F)OC(C)C2)c1. The molecule has 1 aliphatic heterocycles. The number of halogens is 3. The fourth-order valence-electron chi connectivity index (χ4n) is 4.21. The Morgan fingerprint density at radius 2 is 2.00 bits per heavy atom. The van der Waals surface area contributed by atoms with Gasteiger partial charge in [0.25, 0.3) is 5.91 Å². The summed E-state index contributed by atoms with van der Waals surface area (Å²) in [5.41, 5.74) is 1.90. The van der Waals surface area contributed by atoms with Crippen LogP contribution in [-0.2, 0) is 4.74 Å². The number of amides is 1. The van der Waals surface area contributed by atoms with E-state index in [9.17, 15) is 18.0 Å². The Kier molecular flexibility index (Phi) is 7.19. The number of nitrogens with one attached hydrogen (secondary N) is 1. The quantitative estimate of drug-likeness (QED) is 0.544. The fraction of sp³-hybridized carbons (Fsp3) is 0.500. The molecule has 2 aromatic rings. The Bertz CT molecular complexity index is 997. The number of thioether (sulfide) groups is 1. The minimum absolute atomic E-state index is 0.109. The van der Waals surface area contributed by atoms with Crippen LogP contribution in [-0.4, -0.2) is 48.6 Å². The Balaban J connectivity index is 1.64. The number of nitrogens with zero attached hydrogens (tertiary/aromatic N) is 2. The lowest BCUT2D eigenvalue weighted by atomic mass is 9.82. The number of ether oxygens (including phenoxy) is 1. The van der Waals surface area contributed by atoms with E-state index in [1.165, 1.54) is 0 Å². The molecule has 5 nitrogen and oxygen atoms in total. The smallest absolute Gasteiger partial charge is 0.364 e. The summed E-state index contributed by atoms with van der Waals surface area (Å²) in [6, 6.07) is 11.1. The average molecular weight is 480 g/mol. The van der Waals surface area contributed by atoms with Crippen LogP contribution in [0.25, 0.3) is 0 Å². The van der Waals surface area contributed by atoms with Crippen molar-refractivity contribution in [2.45, 2.75) is 61.8 Å². The summed E-state index contributed by atoms with van der Waals surface area (Å²) in [5.74, 6) is 0.431. The van der Waals surface area contributed by atoms with Crippen molar-refractivity contribution >= 4 is 29.2 Å². The molecule has 178 valence electrons. The lowest BCUT2D eigenvalue weighted by Gasteiger charge is -2.29. The van der Waals surface area contributed by atoms with E-state index < -0.39 is 18.4 Å². The third kappa shape index (κ3) is 5.63. The molecule has 1 aromatic heterocycles. The van der Waals surface area contributed by atoms with Gasteiger partial charge in [0.1, 0.15) is 5.82 Å². The molecule has 2 fully saturated rings. The first-order valence-corrected chi connectivity index (χ1v) is 12.4. The van der Waals surface area contributed by atoms with Crippen molar-refractivity contribution in [3.8, 4) is 0 Å². The summed E-state index contributed by atoms with van der Waals surface area (Å²) in [7, 11) is 0. The summed E-state index contributed by atoms with van der Waals surface area (Å²) in [5, 5.41) is 2.92. The van der Waals surface area contributed by atoms with Crippen molar-refractivity contribution in [2.24, 2.45) is 0 Å². The fourth-order valence-corrected chi connectivity index (χ4v) is 4.67. The summed E-state index contributed by atoms with van der Waals surface area (Å²) in [6.45, 7) is 1.97. The summed E-state index contributed by atoms with van der Waals surface area (Å²) < 4.78 is 45.3. The van der Waals surface area contributed by atoms with E-state index in [0.717, 1.165) is 29.9 Å². The normalized spacial score (nSPS) is 21.9. The second-order valence-electron chi connectivity index (χ2n) is 8.63. The summed E-state index contributed by atoms with van der Waals surface area (Å²) in [6.07, 6.45) is -1.93. The van der Waals surface area contributed by atoms with E-state index in [4.69, 9.17) is 9.72 Å². The maximum atomic E-state index is 13.3. The molecule has 0 spiro atoms. The maximum Gasteiger partial charge on any atom is 0.414 e. The van der Waals surface area contributed by atoms with Gasteiger partial charge in [0.2, 0.25) is 0 Å². The van der Waals surface area contributed by atoms with Gasteiger partial charge in [0.05, 0.1) is 11.7 Å². The highest BCUT2D eigenvalue weighted by Crippen LogP contribution is 2.37. The van der Waals surface area contributed by atoms with Crippen molar-refractivity contribution in [3.05, 3.63) is 47.7 Å². The Labute approximate surface area is 196 Å². The van der Waals surface area contributed by atoms with Crippen LogP contribution in [0.2, 0.25) is 0 Å². The Morgan fingerprint density at radius 3 is 2.67 bits per heavy atom. The molecule has 33 heavy (non-hydrogen) atoms. The van der Waals surface area contributed by atoms with E-state index in [-0.39, 0.29) is 25.4 Å². The number of carbonyl (C=O) groups excluding carboxylic acids is 1. The second-order valence-corrected chi connectivity index (χ2v) is 9.51. The molecule has 1 aromatic carbocycles. The summed E-state index contributed by atoms with van der Waals surface area (Å²) in [4.78, 5) is 20.8. The number of rotatable bonds is 5. The number of alkyl halides is 3.